The summed E-state index contributed by atoms with van der Waals surface area (Å²) in [5.41, 5.74) is 1.84. The Labute approximate surface area is 178 Å². The highest BCUT2D eigenvalue weighted by atomic mass is 32.2. The molecule has 0 bridgehead atoms. The second-order valence-electron chi connectivity index (χ2n) is 7.43. The van der Waals surface area contributed by atoms with E-state index in [1.165, 1.54) is 13.0 Å². The van der Waals surface area contributed by atoms with Gasteiger partial charge in [0.25, 0.3) is 0 Å². The molecule has 1 fully saturated rings. The van der Waals surface area contributed by atoms with Crippen LogP contribution >= 0.6 is 0 Å². The van der Waals surface area contributed by atoms with E-state index in [0.717, 1.165) is 44.1 Å². The molecule has 1 aromatic heterocycles. The maximum Gasteiger partial charge on any atom is 0.241 e. The van der Waals surface area contributed by atoms with Gasteiger partial charge >= 0.3 is 0 Å². The van der Waals surface area contributed by atoms with E-state index in [9.17, 15) is 13.2 Å². The van der Waals surface area contributed by atoms with Crippen molar-refractivity contribution in [2.75, 3.05) is 42.9 Å². The zero-order valence-electron chi connectivity index (χ0n) is 17.7. The molecular weight excluding hydrogens is 402 g/mol. The number of sulfonamides is 1. The van der Waals surface area contributed by atoms with Crippen LogP contribution in [0.1, 0.15) is 25.0 Å². The van der Waals surface area contributed by atoms with E-state index in [1.807, 2.05) is 12.1 Å². The monoisotopic (exact) mass is 431 g/mol. The molecule has 0 atom stereocenters. The third-order valence-electron chi connectivity index (χ3n) is 5.22. The molecule has 1 aliphatic rings. The van der Waals surface area contributed by atoms with Crippen LogP contribution in [0.15, 0.2) is 41.4 Å². The molecule has 8 nitrogen and oxygen atoms in total. The smallest absolute Gasteiger partial charge is 0.241 e. The summed E-state index contributed by atoms with van der Waals surface area (Å²) in [7, 11) is -3.73. The summed E-state index contributed by atoms with van der Waals surface area (Å²) in [5.74, 6) is 0.661. The Bertz CT molecular complexity index is 984. The number of carbonyl (C=O) groups is 1. The molecule has 9 heteroatoms. The Kier molecular flexibility index (Phi) is 7.06. The predicted octanol–water partition coefficient (Wildman–Crippen LogP) is 1.97. The van der Waals surface area contributed by atoms with E-state index in [1.54, 1.807) is 25.3 Å². The van der Waals surface area contributed by atoms with Gasteiger partial charge in [-0.2, -0.15) is 0 Å². The molecular formula is C21H29N5O3S. The predicted molar refractivity (Wildman–Crippen MR) is 118 cm³/mol. The third kappa shape index (κ3) is 5.56. The van der Waals surface area contributed by atoms with E-state index >= 15 is 0 Å². The molecule has 0 saturated carbocycles. The normalized spacial score (nSPS) is 15.2. The highest BCUT2D eigenvalue weighted by molar-refractivity contribution is 7.89. The third-order valence-corrected chi connectivity index (χ3v) is 6.76. The number of aryl methyl sites for hydroxylation is 1. The summed E-state index contributed by atoms with van der Waals surface area (Å²) in [4.78, 5) is 20.6. The molecule has 1 aromatic carbocycles. The average molecular weight is 432 g/mol. The number of pyridine rings is 1. The van der Waals surface area contributed by atoms with Crippen LogP contribution in [0.5, 0.6) is 0 Å². The standard InChI is InChI=1S/C21H29N5O3S/c1-4-25-9-11-26(12-10-25)21-8-6-18(14-22-21)15-23-30(28,29)20-13-19(24-17(3)27)7-5-16(20)2/h5-8,13-14,23H,4,9-12,15H2,1-3H3,(H,24,27). The van der Waals surface area contributed by atoms with Gasteiger partial charge in [0.1, 0.15) is 5.82 Å². The number of piperazine rings is 1. The highest BCUT2D eigenvalue weighted by Crippen LogP contribution is 2.21. The lowest BCUT2D eigenvalue weighted by atomic mass is 10.2. The van der Waals surface area contributed by atoms with Crippen LogP contribution in [0.4, 0.5) is 11.5 Å². The molecule has 0 unspecified atom stereocenters. The molecule has 0 radical (unpaired) electrons. The van der Waals surface area contributed by atoms with Crippen molar-refractivity contribution in [3.63, 3.8) is 0 Å². The second-order valence-corrected chi connectivity index (χ2v) is 9.17. The van der Waals surface area contributed by atoms with Crippen molar-refractivity contribution >= 4 is 27.4 Å². The molecule has 2 aromatic rings. The molecule has 1 saturated heterocycles. The Hall–Kier alpha value is -2.49. The number of nitrogens with one attached hydrogen (secondary N) is 2. The SMILES string of the molecule is CCN1CCN(c2ccc(CNS(=O)(=O)c3cc(NC(C)=O)ccc3C)cn2)CC1. The van der Waals surface area contributed by atoms with E-state index in [0.29, 0.717) is 11.3 Å². The van der Waals surface area contributed by atoms with E-state index < -0.39 is 10.0 Å². The lowest BCUT2D eigenvalue weighted by Crippen LogP contribution is -2.46. The van der Waals surface area contributed by atoms with Crippen LogP contribution in [0.25, 0.3) is 0 Å². The zero-order chi connectivity index (χ0) is 21.7. The molecule has 3 rings (SSSR count). The number of likely N-dealkylation sites (N-methyl/N-ethyl adjacent to an activating group) is 1. The lowest BCUT2D eigenvalue weighted by Gasteiger charge is -2.34. The number of hydrogen-bond acceptors (Lipinski definition) is 6. The first-order chi connectivity index (χ1) is 14.3. The van der Waals surface area contributed by atoms with Crippen molar-refractivity contribution < 1.29 is 13.2 Å². The van der Waals surface area contributed by atoms with Crippen LogP contribution in [-0.4, -0.2) is 56.9 Å². The van der Waals surface area contributed by atoms with Crippen LogP contribution in [0.2, 0.25) is 0 Å². The van der Waals surface area contributed by atoms with Crippen LogP contribution < -0.4 is 14.9 Å². The maximum absolute atomic E-state index is 12.8. The Morgan fingerprint density at radius 3 is 2.47 bits per heavy atom. The number of hydrogen-bond donors (Lipinski definition) is 2. The highest BCUT2D eigenvalue weighted by Gasteiger charge is 2.19. The van der Waals surface area contributed by atoms with Crippen molar-refractivity contribution in [3.05, 3.63) is 47.7 Å². The number of benzene rings is 1. The van der Waals surface area contributed by atoms with Crippen LogP contribution in [-0.2, 0) is 21.4 Å². The molecule has 30 heavy (non-hydrogen) atoms. The van der Waals surface area contributed by atoms with Gasteiger partial charge < -0.3 is 15.1 Å². The van der Waals surface area contributed by atoms with E-state index in [-0.39, 0.29) is 17.3 Å². The Morgan fingerprint density at radius 2 is 1.87 bits per heavy atom. The van der Waals surface area contributed by atoms with Gasteiger partial charge in [-0.05, 0) is 42.8 Å². The number of anilines is 2. The molecule has 1 amide bonds. The lowest BCUT2D eigenvalue weighted by molar-refractivity contribution is -0.114. The number of rotatable bonds is 7. The van der Waals surface area contributed by atoms with Crippen molar-refractivity contribution in [2.24, 2.45) is 0 Å². The summed E-state index contributed by atoms with van der Waals surface area (Å²) in [6.07, 6.45) is 1.71. The van der Waals surface area contributed by atoms with Crippen molar-refractivity contribution in [2.45, 2.75) is 32.2 Å². The van der Waals surface area contributed by atoms with Gasteiger partial charge in [0, 0.05) is 51.5 Å². The van der Waals surface area contributed by atoms with Crippen molar-refractivity contribution in [1.29, 1.82) is 0 Å². The topological polar surface area (TPSA) is 94.6 Å². The van der Waals surface area contributed by atoms with Gasteiger partial charge in [0.05, 0.1) is 4.90 Å². The van der Waals surface area contributed by atoms with Crippen molar-refractivity contribution in [3.8, 4) is 0 Å². The Morgan fingerprint density at radius 1 is 1.13 bits per heavy atom. The number of aromatic nitrogens is 1. The minimum Gasteiger partial charge on any atom is -0.354 e. The molecule has 0 aliphatic carbocycles. The van der Waals surface area contributed by atoms with Gasteiger partial charge in [-0.1, -0.05) is 19.1 Å². The largest absolute Gasteiger partial charge is 0.354 e. The molecule has 2 heterocycles. The minimum atomic E-state index is -3.73. The number of carbonyl (C=O) groups excluding carboxylic acids is 1. The summed E-state index contributed by atoms with van der Waals surface area (Å²) in [5, 5.41) is 2.61. The zero-order valence-corrected chi connectivity index (χ0v) is 18.5. The second kappa shape index (κ2) is 9.55. The molecule has 1 aliphatic heterocycles. The fourth-order valence-electron chi connectivity index (χ4n) is 3.43. The summed E-state index contributed by atoms with van der Waals surface area (Å²) in [6, 6.07) is 8.66. The van der Waals surface area contributed by atoms with Gasteiger partial charge in [-0.15, -0.1) is 0 Å². The average Bonchev–Trinajstić information content (AvgIpc) is 2.74. The minimum absolute atomic E-state index is 0.142. The summed E-state index contributed by atoms with van der Waals surface area (Å²) in [6.45, 7) is 10.4. The fraction of sp³-hybridized carbons (Fsp3) is 0.429. The van der Waals surface area contributed by atoms with Crippen molar-refractivity contribution in [1.82, 2.24) is 14.6 Å². The van der Waals surface area contributed by atoms with Gasteiger partial charge in [-0.25, -0.2) is 18.1 Å². The first-order valence-electron chi connectivity index (χ1n) is 10.1. The number of amides is 1. The van der Waals surface area contributed by atoms with Gasteiger partial charge in [-0.3, -0.25) is 4.79 Å². The number of nitrogens with zero attached hydrogens (tertiary/aromatic N) is 3. The van der Waals surface area contributed by atoms with Gasteiger partial charge in [0.15, 0.2) is 0 Å². The quantitative estimate of drug-likeness (QED) is 0.696. The first kappa shape index (κ1) is 22.2. The van der Waals surface area contributed by atoms with Gasteiger partial charge in [0.2, 0.25) is 15.9 Å². The molecule has 0 spiro atoms. The Balaban J connectivity index is 1.64. The fourth-order valence-corrected chi connectivity index (χ4v) is 4.71. The summed E-state index contributed by atoms with van der Waals surface area (Å²) < 4.78 is 28.2. The molecule has 162 valence electrons. The molecule has 2 N–H and O–H groups in total. The maximum atomic E-state index is 12.8. The van der Waals surface area contributed by atoms with Crippen LogP contribution in [0.3, 0.4) is 0 Å². The van der Waals surface area contributed by atoms with Crippen LogP contribution in [0, 0.1) is 6.92 Å². The summed E-state index contributed by atoms with van der Waals surface area (Å²) >= 11 is 0. The van der Waals surface area contributed by atoms with E-state index in [4.69, 9.17) is 0 Å². The van der Waals surface area contributed by atoms with E-state index in [2.05, 4.69) is 31.7 Å². The first-order valence-corrected chi connectivity index (χ1v) is 11.6.